The average Bonchev–Trinajstić information content (AvgIpc) is 3.35. The fraction of sp³-hybridized carbons (Fsp3) is 0.435. The van der Waals surface area contributed by atoms with Gasteiger partial charge in [-0.15, -0.1) is 0 Å². The number of morpholine rings is 1. The minimum atomic E-state index is -3.72. The van der Waals surface area contributed by atoms with E-state index in [9.17, 15) is 22.0 Å². The first kappa shape index (κ1) is 23.6. The normalized spacial score (nSPS) is 17.3. The Kier molecular flexibility index (Phi) is 7.26. The van der Waals surface area contributed by atoms with Gasteiger partial charge >= 0.3 is 0 Å². The summed E-state index contributed by atoms with van der Waals surface area (Å²) in [6.07, 6.45) is 2.33. The predicted molar refractivity (Wildman–Crippen MR) is 121 cm³/mol. The van der Waals surface area contributed by atoms with Crippen LogP contribution in [0.2, 0.25) is 0 Å². The summed E-state index contributed by atoms with van der Waals surface area (Å²) in [6.45, 7) is 2.91. The van der Waals surface area contributed by atoms with Crippen molar-refractivity contribution in [3.8, 4) is 0 Å². The lowest BCUT2D eigenvalue weighted by atomic mass is 10.1. The number of hydrogen-bond donors (Lipinski definition) is 1. The maximum absolute atomic E-state index is 13.4. The van der Waals surface area contributed by atoms with Crippen molar-refractivity contribution in [1.29, 1.82) is 0 Å². The third-order valence-corrected chi connectivity index (χ3v) is 7.82. The number of sulfonamides is 1. The van der Waals surface area contributed by atoms with Crippen LogP contribution in [0.4, 0.5) is 20.2 Å². The molecule has 0 atom stereocenters. The topological polar surface area (TPSA) is 79.0 Å². The lowest BCUT2D eigenvalue weighted by Crippen LogP contribution is -2.40. The van der Waals surface area contributed by atoms with Crippen LogP contribution in [0.5, 0.6) is 0 Å². The molecule has 2 aromatic carbocycles. The van der Waals surface area contributed by atoms with Gasteiger partial charge in [0.05, 0.1) is 29.5 Å². The zero-order valence-corrected chi connectivity index (χ0v) is 19.0. The van der Waals surface area contributed by atoms with E-state index in [0.717, 1.165) is 43.8 Å². The molecule has 2 fully saturated rings. The Labute approximate surface area is 192 Å². The van der Waals surface area contributed by atoms with Crippen LogP contribution in [0.1, 0.15) is 24.8 Å². The fourth-order valence-corrected chi connectivity index (χ4v) is 5.55. The molecule has 4 rings (SSSR count). The largest absolute Gasteiger partial charge is 0.379 e. The van der Waals surface area contributed by atoms with Crippen molar-refractivity contribution in [1.82, 2.24) is 4.31 Å². The molecule has 0 radical (unpaired) electrons. The Balaban J connectivity index is 1.54. The van der Waals surface area contributed by atoms with Crippen molar-refractivity contribution in [2.24, 2.45) is 0 Å². The summed E-state index contributed by atoms with van der Waals surface area (Å²) < 4.78 is 59.4. The molecule has 2 aromatic rings. The number of rotatable bonds is 7. The molecule has 2 aliphatic rings. The summed E-state index contributed by atoms with van der Waals surface area (Å²) in [6, 6.07) is 8.38. The van der Waals surface area contributed by atoms with Gasteiger partial charge in [0.25, 0.3) is 0 Å². The van der Waals surface area contributed by atoms with Crippen LogP contribution in [0.15, 0.2) is 41.3 Å². The van der Waals surface area contributed by atoms with Crippen molar-refractivity contribution in [3.63, 3.8) is 0 Å². The number of benzene rings is 2. The maximum Gasteiger partial charge on any atom is 0.243 e. The van der Waals surface area contributed by atoms with Gasteiger partial charge in [-0.1, -0.05) is 6.07 Å². The number of ether oxygens (including phenoxy) is 1. The van der Waals surface area contributed by atoms with Gasteiger partial charge in [0.1, 0.15) is 0 Å². The lowest BCUT2D eigenvalue weighted by Gasteiger charge is -2.27. The van der Waals surface area contributed by atoms with Gasteiger partial charge < -0.3 is 15.0 Å². The predicted octanol–water partition coefficient (Wildman–Crippen LogP) is 3.16. The quantitative estimate of drug-likeness (QED) is 0.660. The minimum Gasteiger partial charge on any atom is -0.379 e. The van der Waals surface area contributed by atoms with Crippen molar-refractivity contribution in [2.45, 2.75) is 30.6 Å². The Morgan fingerprint density at radius 3 is 2.39 bits per heavy atom. The van der Waals surface area contributed by atoms with E-state index in [2.05, 4.69) is 10.2 Å². The molecule has 1 N–H and O–H groups in total. The van der Waals surface area contributed by atoms with E-state index in [0.29, 0.717) is 24.5 Å². The number of anilines is 2. The zero-order chi connectivity index (χ0) is 23.4. The highest BCUT2D eigenvalue weighted by atomic mass is 32.2. The van der Waals surface area contributed by atoms with E-state index >= 15 is 0 Å². The molecule has 0 unspecified atom stereocenters. The number of carbonyl (C=O) groups is 1. The van der Waals surface area contributed by atoms with E-state index < -0.39 is 21.7 Å². The summed E-state index contributed by atoms with van der Waals surface area (Å²) in [5.41, 5.74) is 1.71. The van der Waals surface area contributed by atoms with Gasteiger partial charge in [-0.05, 0) is 55.2 Å². The molecule has 10 heteroatoms. The van der Waals surface area contributed by atoms with Crippen LogP contribution >= 0.6 is 0 Å². The molecule has 0 spiro atoms. The first-order valence-electron chi connectivity index (χ1n) is 11.1. The SMILES string of the molecule is O=C(CCc1ccc(F)c(F)c1)Nc1cc(S(=O)(=O)N2CCOCC2)ccc1N1CCCC1. The maximum atomic E-state index is 13.4. The number of nitrogens with one attached hydrogen (secondary N) is 1. The number of carbonyl (C=O) groups excluding carboxylic acids is 1. The summed E-state index contributed by atoms with van der Waals surface area (Å²) in [7, 11) is -3.72. The van der Waals surface area contributed by atoms with E-state index in [4.69, 9.17) is 4.74 Å². The van der Waals surface area contributed by atoms with Crippen molar-refractivity contribution in [3.05, 3.63) is 53.6 Å². The Morgan fingerprint density at radius 1 is 0.970 bits per heavy atom. The Morgan fingerprint density at radius 2 is 1.70 bits per heavy atom. The van der Waals surface area contributed by atoms with Crippen LogP contribution < -0.4 is 10.2 Å². The number of nitrogens with zero attached hydrogens (tertiary/aromatic N) is 2. The highest BCUT2D eigenvalue weighted by Crippen LogP contribution is 2.32. The number of amides is 1. The highest BCUT2D eigenvalue weighted by molar-refractivity contribution is 7.89. The minimum absolute atomic E-state index is 0.0466. The highest BCUT2D eigenvalue weighted by Gasteiger charge is 2.28. The standard InChI is InChI=1S/C23H27F2N3O4S/c24-19-6-3-17(15-20(19)25)4-8-23(29)26-21-16-18(5-7-22(21)27-9-1-2-10-27)33(30,31)28-11-13-32-14-12-28/h3,5-7,15-16H,1-2,4,8-14H2,(H,26,29). The molecule has 0 bridgehead atoms. The van der Waals surface area contributed by atoms with Gasteiger partial charge in [0, 0.05) is 32.6 Å². The molecule has 2 saturated heterocycles. The molecule has 2 aliphatic heterocycles. The lowest BCUT2D eigenvalue weighted by molar-refractivity contribution is -0.116. The van der Waals surface area contributed by atoms with Crippen molar-refractivity contribution >= 4 is 27.3 Å². The molecule has 0 aliphatic carbocycles. The Bertz CT molecular complexity index is 1110. The van der Waals surface area contributed by atoms with Gasteiger partial charge in [-0.2, -0.15) is 4.31 Å². The molecular weight excluding hydrogens is 452 g/mol. The number of hydrogen-bond acceptors (Lipinski definition) is 5. The van der Waals surface area contributed by atoms with Gasteiger partial charge in [0.15, 0.2) is 11.6 Å². The van der Waals surface area contributed by atoms with E-state index in [-0.39, 0.29) is 36.7 Å². The molecular formula is C23H27F2N3O4S. The van der Waals surface area contributed by atoms with E-state index in [1.54, 1.807) is 12.1 Å². The van der Waals surface area contributed by atoms with Gasteiger partial charge in [-0.3, -0.25) is 4.79 Å². The van der Waals surface area contributed by atoms with E-state index in [1.807, 2.05) is 0 Å². The van der Waals surface area contributed by atoms with Crippen molar-refractivity contribution < 1.29 is 26.7 Å². The van der Waals surface area contributed by atoms with Crippen LogP contribution in [0.25, 0.3) is 0 Å². The third kappa shape index (κ3) is 5.51. The summed E-state index contributed by atoms with van der Waals surface area (Å²) in [5, 5.41) is 2.84. The second kappa shape index (κ2) is 10.1. The molecule has 33 heavy (non-hydrogen) atoms. The number of aryl methyl sites for hydroxylation is 1. The molecule has 2 heterocycles. The summed E-state index contributed by atoms with van der Waals surface area (Å²) in [4.78, 5) is 14.9. The smallest absolute Gasteiger partial charge is 0.243 e. The third-order valence-electron chi connectivity index (χ3n) is 5.92. The van der Waals surface area contributed by atoms with Gasteiger partial charge in [0.2, 0.25) is 15.9 Å². The van der Waals surface area contributed by atoms with Crippen LogP contribution in [-0.2, 0) is 26.0 Å². The zero-order valence-electron chi connectivity index (χ0n) is 18.2. The number of halogens is 2. The van der Waals surface area contributed by atoms with Crippen LogP contribution in [-0.4, -0.2) is 58.0 Å². The average molecular weight is 480 g/mol. The van der Waals surface area contributed by atoms with E-state index in [1.165, 1.54) is 16.4 Å². The molecule has 0 aromatic heterocycles. The second-order valence-electron chi connectivity index (χ2n) is 8.19. The molecule has 0 saturated carbocycles. The van der Waals surface area contributed by atoms with Crippen LogP contribution in [0, 0.1) is 11.6 Å². The second-order valence-corrected chi connectivity index (χ2v) is 10.1. The monoisotopic (exact) mass is 479 g/mol. The first-order valence-corrected chi connectivity index (χ1v) is 12.5. The Hall–Kier alpha value is -2.56. The fourth-order valence-electron chi connectivity index (χ4n) is 4.11. The molecule has 7 nitrogen and oxygen atoms in total. The molecule has 178 valence electrons. The van der Waals surface area contributed by atoms with Gasteiger partial charge in [-0.25, -0.2) is 17.2 Å². The summed E-state index contributed by atoms with van der Waals surface area (Å²) >= 11 is 0. The van der Waals surface area contributed by atoms with Crippen molar-refractivity contribution in [2.75, 3.05) is 49.6 Å². The molecule has 1 amide bonds. The van der Waals surface area contributed by atoms with Crippen LogP contribution in [0.3, 0.4) is 0 Å². The summed E-state index contributed by atoms with van der Waals surface area (Å²) in [5.74, 6) is -2.22. The first-order chi connectivity index (χ1) is 15.8.